The van der Waals surface area contributed by atoms with Crippen molar-refractivity contribution >= 4 is 29.6 Å². The Morgan fingerprint density at radius 1 is 1.09 bits per heavy atom. The predicted molar refractivity (Wildman–Crippen MR) is 89.7 cm³/mol. The molecule has 0 unspecified atom stereocenters. The van der Waals surface area contributed by atoms with Crippen LogP contribution in [0, 0.1) is 0 Å². The number of halogens is 1. The zero-order valence-corrected chi connectivity index (χ0v) is 13.1. The maximum atomic E-state index is 11.6. The van der Waals surface area contributed by atoms with Gasteiger partial charge in [0.25, 0.3) is 0 Å². The van der Waals surface area contributed by atoms with Crippen molar-refractivity contribution in [1.29, 1.82) is 0 Å². The Bertz CT molecular complexity index is 698. The number of carbonyl (C=O) groups excluding carboxylic acids is 2. The second kappa shape index (κ2) is 8.76. The molecule has 0 spiro atoms. The van der Waals surface area contributed by atoms with Gasteiger partial charge in [-0.3, -0.25) is 9.59 Å². The number of rotatable bonds is 6. The number of esters is 1. The molecular formula is C18H16ClNO3. The number of hydrogen-bond donors (Lipinski definition) is 1. The molecule has 0 atom stereocenters. The fourth-order valence-electron chi connectivity index (χ4n) is 1.79. The van der Waals surface area contributed by atoms with Crippen LogP contribution in [0.15, 0.2) is 60.7 Å². The number of benzene rings is 2. The molecule has 0 bridgehead atoms. The molecule has 0 saturated heterocycles. The molecule has 2 rings (SSSR count). The first-order valence-electron chi connectivity index (χ1n) is 7.04. The lowest BCUT2D eigenvalue weighted by Gasteiger charge is -2.05. The summed E-state index contributed by atoms with van der Waals surface area (Å²) in [7, 11) is 0. The van der Waals surface area contributed by atoms with E-state index in [0.29, 0.717) is 5.02 Å². The molecular weight excluding hydrogens is 314 g/mol. The highest BCUT2D eigenvalue weighted by atomic mass is 35.5. The van der Waals surface area contributed by atoms with Crippen molar-refractivity contribution in [2.24, 2.45) is 0 Å². The number of amides is 1. The lowest BCUT2D eigenvalue weighted by Crippen LogP contribution is -2.29. The molecule has 0 heterocycles. The number of carbonyl (C=O) groups is 2. The van der Waals surface area contributed by atoms with Crippen LogP contribution in [0.5, 0.6) is 0 Å². The van der Waals surface area contributed by atoms with Gasteiger partial charge in [-0.05, 0) is 29.3 Å². The van der Waals surface area contributed by atoms with E-state index >= 15 is 0 Å². The molecule has 23 heavy (non-hydrogen) atoms. The Labute approximate surface area is 139 Å². The first-order chi connectivity index (χ1) is 11.1. The average molecular weight is 330 g/mol. The van der Waals surface area contributed by atoms with Crippen molar-refractivity contribution in [2.45, 2.75) is 6.61 Å². The smallest absolute Gasteiger partial charge is 0.325 e. The van der Waals surface area contributed by atoms with Crippen molar-refractivity contribution in [2.75, 3.05) is 6.54 Å². The van der Waals surface area contributed by atoms with Crippen LogP contribution >= 0.6 is 11.6 Å². The highest BCUT2D eigenvalue weighted by molar-refractivity contribution is 6.30. The summed E-state index contributed by atoms with van der Waals surface area (Å²) in [4.78, 5) is 23.2. The van der Waals surface area contributed by atoms with Crippen LogP contribution < -0.4 is 5.32 Å². The average Bonchev–Trinajstić information content (AvgIpc) is 2.57. The lowest BCUT2D eigenvalue weighted by atomic mass is 10.2. The van der Waals surface area contributed by atoms with Crippen molar-refractivity contribution in [1.82, 2.24) is 5.32 Å². The predicted octanol–water partition coefficient (Wildman–Crippen LogP) is 3.21. The monoisotopic (exact) mass is 329 g/mol. The van der Waals surface area contributed by atoms with Crippen LogP contribution in [-0.4, -0.2) is 18.4 Å². The molecule has 0 aliphatic carbocycles. The summed E-state index contributed by atoms with van der Waals surface area (Å²) in [6, 6.07) is 16.4. The molecule has 1 N–H and O–H groups in total. The van der Waals surface area contributed by atoms with Gasteiger partial charge in [-0.2, -0.15) is 0 Å². The molecule has 0 saturated carbocycles. The van der Waals surface area contributed by atoms with E-state index in [1.54, 1.807) is 24.3 Å². The van der Waals surface area contributed by atoms with Crippen LogP contribution in [0.2, 0.25) is 5.02 Å². The highest BCUT2D eigenvalue weighted by Crippen LogP contribution is 2.11. The quantitative estimate of drug-likeness (QED) is 0.654. The number of ether oxygens (including phenoxy) is 1. The van der Waals surface area contributed by atoms with Gasteiger partial charge in [-0.1, -0.05) is 54.1 Å². The maximum Gasteiger partial charge on any atom is 0.325 e. The van der Waals surface area contributed by atoms with E-state index in [4.69, 9.17) is 16.3 Å². The number of hydrogen-bond acceptors (Lipinski definition) is 3. The topological polar surface area (TPSA) is 55.4 Å². The molecule has 0 fully saturated rings. The second-order valence-electron chi connectivity index (χ2n) is 4.75. The summed E-state index contributed by atoms with van der Waals surface area (Å²) in [5.74, 6) is -0.861. The maximum absolute atomic E-state index is 11.6. The van der Waals surface area contributed by atoms with Crippen LogP contribution in [-0.2, 0) is 20.9 Å². The molecule has 0 aliphatic heterocycles. The minimum absolute atomic E-state index is 0.175. The van der Waals surface area contributed by atoms with Gasteiger partial charge >= 0.3 is 5.97 Å². The minimum atomic E-state index is -0.488. The first kappa shape index (κ1) is 16.8. The van der Waals surface area contributed by atoms with Crippen molar-refractivity contribution in [3.05, 3.63) is 76.8 Å². The third-order valence-electron chi connectivity index (χ3n) is 2.93. The lowest BCUT2D eigenvalue weighted by molar-refractivity contribution is -0.144. The summed E-state index contributed by atoms with van der Waals surface area (Å²) < 4.78 is 5.06. The van der Waals surface area contributed by atoms with Crippen LogP contribution in [0.4, 0.5) is 0 Å². The van der Waals surface area contributed by atoms with Crippen molar-refractivity contribution in [3.8, 4) is 0 Å². The van der Waals surface area contributed by atoms with Gasteiger partial charge in [0.1, 0.15) is 13.2 Å². The normalized spacial score (nSPS) is 10.5. The molecule has 0 aromatic heterocycles. The third kappa shape index (κ3) is 6.36. The van der Waals surface area contributed by atoms with E-state index in [9.17, 15) is 9.59 Å². The van der Waals surface area contributed by atoms with Gasteiger partial charge in [0.15, 0.2) is 0 Å². The second-order valence-corrected chi connectivity index (χ2v) is 5.19. The highest BCUT2D eigenvalue weighted by Gasteiger charge is 2.04. The van der Waals surface area contributed by atoms with Crippen molar-refractivity contribution < 1.29 is 14.3 Å². The fourth-order valence-corrected chi connectivity index (χ4v) is 1.99. The van der Waals surface area contributed by atoms with E-state index in [2.05, 4.69) is 5.32 Å². The van der Waals surface area contributed by atoms with Crippen LogP contribution in [0.25, 0.3) is 6.08 Å². The van der Waals surface area contributed by atoms with E-state index in [1.165, 1.54) is 6.08 Å². The fraction of sp³-hybridized carbons (Fsp3) is 0.111. The summed E-state index contributed by atoms with van der Waals surface area (Å²) in [5.41, 5.74) is 1.70. The Balaban J connectivity index is 1.72. The first-order valence-corrected chi connectivity index (χ1v) is 7.42. The molecule has 5 heteroatoms. The van der Waals surface area contributed by atoms with Gasteiger partial charge < -0.3 is 10.1 Å². The van der Waals surface area contributed by atoms with E-state index in [-0.39, 0.29) is 19.1 Å². The summed E-state index contributed by atoms with van der Waals surface area (Å²) in [5, 5.41) is 3.06. The van der Waals surface area contributed by atoms with E-state index in [0.717, 1.165) is 11.1 Å². The molecule has 2 aromatic rings. The summed E-state index contributed by atoms with van der Waals surface area (Å²) >= 11 is 5.85. The Morgan fingerprint density at radius 3 is 2.61 bits per heavy atom. The SMILES string of the molecule is O=C(/C=C/c1cccc(Cl)c1)NCC(=O)OCc1ccccc1. The standard InChI is InChI=1S/C18H16ClNO3/c19-16-8-4-7-14(11-16)9-10-17(21)20-12-18(22)23-13-15-5-2-1-3-6-15/h1-11H,12-13H2,(H,20,21)/b10-9+. The van der Waals surface area contributed by atoms with Gasteiger partial charge in [-0.25, -0.2) is 0 Å². The molecule has 4 nitrogen and oxygen atoms in total. The Kier molecular flexibility index (Phi) is 6.39. The van der Waals surface area contributed by atoms with Gasteiger partial charge in [0.05, 0.1) is 0 Å². The molecule has 0 aliphatic rings. The van der Waals surface area contributed by atoms with Gasteiger partial charge in [-0.15, -0.1) is 0 Å². The minimum Gasteiger partial charge on any atom is -0.460 e. The van der Waals surface area contributed by atoms with Crippen LogP contribution in [0.3, 0.4) is 0 Å². The third-order valence-corrected chi connectivity index (χ3v) is 3.16. The zero-order valence-electron chi connectivity index (χ0n) is 12.4. The van der Waals surface area contributed by atoms with E-state index < -0.39 is 5.97 Å². The summed E-state index contributed by atoms with van der Waals surface area (Å²) in [6.45, 7) is 0.0133. The molecule has 2 aromatic carbocycles. The molecule has 0 radical (unpaired) electrons. The largest absolute Gasteiger partial charge is 0.460 e. The summed E-state index contributed by atoms with van der Waals surface area (Å²) in [6.07, 6.45) is 2.96. The van der Waals surface area contributed by atoms with Gasteiger partial charge in [0.2, 0.25) is 5.91 Å². The Hall–Kier alpha value is -2.59. The van der Waals surface area contributed by atoms with Crippen molar-refractivity contribution in [3.63, 3.8) is 0 Å². The molecule has 1 amide bonds. The Morgan fingerprint density at radius 2 is 1.87 bits per heavy atom. The molecule has 118 valence electrons. The number of nitrogens with one attached hydrogen (secondary N) is 1. The van der Waals surface area contributed by atoms with Crippen LogP contribution in [0.1, 0.15) is 11.1 Å². The van der Waals surface area contributed by atoms with Gasteiger partial charge in [0, 0.05) is 11.1 Å². The zero-order chi connectivity index (χ0) is 16.5. The van der Waals surface area contributed by atoms with E-state index in [1.807, 2.05) is 36.4 Å².